The van der Waals surface area contributed by atoms with Crippen molar-refractivity contribution in [2.45, 2.75) is 26.2 Å². The van der Waals surface area contributed by atoms with Crippen molar-refractivity contribution in [2.75, 3.05) is 11.9 Å². The number of hydrogen-bond acceptors (Lipinski definition) is 5. The zero-order valence-corrected chi connectivity index (χ0v) is 17.0. The van der Waals surface area contributed by atoms with Crippen molar-refractivity contribution >= 4 is 22.8 Å². The van der Waals surface area contributed by atoms with Crippen molar-refractivity contribution in [2.24, 2.45) is 0 Å². The summed E-state index contributed by atoms with van der Waals surface area (Å²) in [5.41, 5.74) is 3.96. The van der Waals surface area contributed by atoms with Crippen molar-refractivity contribution in [3.63, 3.8) is 0 Å². The van der Waals surface area contributed by atoms with Gasteiger partial charge in [0.05, 0.1) is 0 Å². The molecule has 0 fully saturated rings. The second kappa shape index (κ2) is 8.78. The van der Waals surface area contributed by atoms with Gasteiger partial charge in [-0.05, 0) is 66.4 Å². The minimum atomic E-state index is -0.222. The molecule has 0 radical (unpaired) electrons. The largest absolute Gasteiger partial charge is 0.484 e. The van der Waals surface area contributed by atoms with Crippen LogP contribution >= 0.6 is 0 Å². The van der Waals surface area contributed by atoms with Crippen LogP contribution in [0.4, 0.5) is 5.69 Å². The Hall–Kier alpha value is -3.67. The van der Waals surface area contributed by atoms with E-state index in [-0.39, 0.29) is 12.5 Å². The van der Waals surface area contributed by atoms with Gasteiger partial charge in [-0.25, -0.2) is 4.98 Å². The lowest BCUT2D eigenvalue weighted by molar-refractivity contribution is -0.118. The molecule has 152 valence electrons. The molecule has 4 aromatic rings. The number of fused-ring (bicyclic) bond motifs is 1. The highest BCUT2D eigenvalue weighted by Crippen LogP contribution is 2.24. The summed E-state index contributed by atoms with van der Waals surface area (Å²) in [5.74, 6) is 1.46. The molecule has 1 N–H and O–H groups in total. The third kappa shape index (κ3) is 4.49. The highest BCUT2D eigenvalue weighted by atomic mass is 16.5. The van der Waals surface area contributed by atoms with Crippen LogP contribution in [0.2, 0.25) is 0 Å². The van der Waals surface area contributed by atoms with Gasteiger partial charge in [0.2, 0.25) is 5.89 Å². The molecule has 0 unspecified atom stereocenters. The van der Waals surface area contributed by atoms with E-state index in [9.17, 15) is 4.79 Å². The van der Waals surface area contributed by atoms with Crippen molar-refractivity contribution < 1.29 is 13.9 Å². The molecule has 0 saturated heterocycles. The van der Waals surface area contributed by atoms with Crippen LogP contribution in [-0.4, -0.2) is 22.5 Å². The van der Waals surface area contributed by atoms with Crippen molar-refractivity contribution in [1.82, 2.24) is 9.97 Å². The second-order valence-corrected chi connectivity index (χ2v) is 7.14. The van der Waals surface area contributed by atoms with E-state index in [1.54, 1.807) is 24.4 Å². The summed E-state index contributed by atoms with van der Waals surface area (Å²) in [6.45, 7) is 4.30. The first-order valence-corrected chi connectivity index (χ1v) is 9.97. The average molecular weight is 401 g/mol. The predicted molar refractivity (Wildman–Crippen MR) is 117 cm³/mol. The van der Waals surface area contributed by atoms with E-state index in [1.807, 2.05) is 42.5 Å². The standard InChI is InChI=1S/C24H23N3O3/c1-3-16(2)17-8-12-20(13-9-17)29-15-22(28)26-19-10-6-18(7-11-19)24-27-23-21(30-24)5-4-14-25-23/h4-14,16H,3,15H2,1-2H3,(H,26,28)/t16-/m0/s1. The second-order valence-electron chi connectivity index (χ2n) is 7.14. The Labute approximate surface area is 174 Å². The number of carbonyl (C=O) groups excluding carboxylic acids is 1. The van der Waals surface area contributed by atoms with Gasteiger partial charge in [0.25, 0.3) is 5.91 Å². The van der Waals surface area contributed by atoms with Gasteiger partial charge in [0, 0.05) is 17.4 Å². The molecule has 0 aliphatic rings. The molecule has 2 aromatic carbocycles. The number of rotatable bonds is 7. The summed E-state index contributed by atoms with van der Waals surface area (Å²) in [7, 11) is 0. The molecule has 0 aliphatic carbocycles. The molecule has 6 nitrogen and oxygen atoms in total. The number of pyridine rings is 1. The molecule has 1 atom stereocenters. The number of aromatic nitrogens is 2. The maximum absolute atomic E-state index is 12.2. The third-order valence-electron chi connectivity index (χ3n) is 5.01. The summed E-state index contributed by atoms with van der Waals surface area (Å²) in [6, 6.07) is 18.8. The molecule has 30 heavy (non-hydrogen) atoms. The van der Waals surface area contributed by atoms with Crippen LogP contribution in [0, 0.1) is 0 Å². The van der Waals surface area contributed by atoms with E-state index in [2.05, 4.69) is 29.1 Å². The summed E-state index contributed by atoms with van der Waals surface area (Å²) >= 11 is 0. The van der Waals surface area contributed by atoms with Gasteiger partial charge in [0.15, 0.2) is 17.8 Å². The number of benzene rings is 2. The lowest BCUT2D eigenvalue weighted by atomic mass is 9.99. The first kappa shape index (κ1) is 19.6. The highest BCUT2D eigenvalue weighted by Gasteiger charge is 2.10. The molecule has 0 saturated carbocycles. The van der Waals surface area contributed by atoms with Crippen LogP contribution in [0.15, 0.2) is 71.3 Å². The smallest absolute Gasteiger partial charge is 0.262 e. The first-order chi connectivity index (χ1) is 14.6. The first-order valence-electron chi connectivity index (χ1n) is 9.97. The van der Waals surface area contributed by atoms with Gasteiger partial charge in [0.1, 0.15) is 5.75 Å². The number of anilines is 1. The van der Waals surface area contributed by atoms with Gasteiger partial charge in [-0.15, -0.1) is 0 Å². The van der Waals surface area contributed by atoms with Crippen LogP contribution in [0.5, 0.6) is 5.75 Å². The minimum absolute atomic E-state index is 0.0543. The van der Waals surface area contributed by atoms with Crippen LogP contribution in [0.3, 0.4) is 0 Å². The Morgan fingerprint density at radius 3 is 2.57 bits per heavy atom. The topological polar surface area (TPSA) is 77.2 Å². The number of hydrogen-bond donors (Lipinski definition) is 1. The van der Waals surface area contributed by atoms with Crippen LogP contribution < -0.4 is 10.1 Å². The van der Waals surface area contributed by atoms with E-state index in [4.69, 9.17) is 9.15 Å². The fourth-order valence-electron chi connectivity index (χ4n) is 3.06. The quantitative estimate of drug-likeness (QED) is 0.447. The van der Waals surface area contributed by atoms with Gasteiger partial charge < -0.3 is 14.5 Å². The number of oxazole rings is 1. The number of amides is 1. The summed E-state index contributed by atoms with van der Waals surface area (Å²) in [5, 5.41) is 2.83. The van der Waals surface area contributed by atoms with E-state index < -0.39 is 0 Å². The average Bonchev–Trinajstić information content (AvgIpc) is 3.22. The van der Waals surface area contributed by atoms with E-state index in [0.717, 1.165) is 12.0 Å². The summed E-state index contributed by atoms with van der Waals surface area (Å²) in [6.07, 6.45) is 2.76. The van der Waals surface area contributed by atoms with E-state index >= 15 is 0 Å². The zero-order valence-electron chi connectivity index (χ0n) is 17.0. The SMILES string of the molecule is CC[C@H](C)c1ccc(OCC(=O)Nc2ccc(-c3nc4ncccc4o3)cc2)cc1. The fourth-order valence-corrected chi connectivity index (χ4v) is 3.06. The normalized spacial score (nSPS) is 11.9. The molecule has 6 heteroatoms. The summed E-state index contributed by atoms with van der Waals surface area (Å²) in [4.78, 5) is 20.7. The Bertz CT molecular complexity index is 1100. The van der Waals surface area contributed by atoms with Crippen LogP contribution in [-0.2, 0) is 4.79 Å². The Morgan fingerprint density at radius 2 is 1.87 bits per heavy atom. The van der Waals surface area contributed by atoms with Crippen molar-refractivity contribution in [3.05, 3.63) is 72.4 Å². The Balaban J connectivity index is 1.33. The van der Waals surface area contributed by atoms with Crippen molar-refractivity contribution in [3.8, 4) is 17.2 Å². The van der Waals surface area contributed by atoms with Gasteiger partial charge in [-0.1, -0.05) is 26.0 Å². The maximum atomic E-state index is 12.2. The fraction of sp³-hybridized carbons (Fsp3) is 0.208. The van der Waals surface area contributed by atoms with Crippen molar-refractivity contribution in [1.29, 1.82) is 0 Å². The van der Waals surface area contributed by atoms with Gasteiger partial charge in [-0.2, -0.15) is 4.98 Å². The van der Waals surface area contributed by atoms with Crippen LogP contribution in [0.25, 0.3) is 22.7 Å². The maximum Gasteiger partial charge on any atom is 0.262 e. The Kier molecular flexibility index (Phi) is 5.75. The van der Waals surface area contributed by atoms with E-state index in [0.29, 0.717) is 34.5 Å². The predicted octanol–water partition coefficient (Wildman–Crippen LogP) is 5.42. The number of carbonyl (C=O) groups is 1. The molecule has 1 amide bonds. The third-order valence-corrected chi connectivity index (χ3v) is 5.01. The highest BCUT2D eigenvalue weighted by molar-refractivity contribution is 5.92. The Morgan fingerprint density at radius 1 is 1.10 bits per heavy atom. The molecule has 0 bridgehead atoms. The molecular weight excluding hydrogens is 378 g/mol. The molecule has 0 spiro atoms. The van der Waals surface area contributed by atoms with Gasteiger partial charge >= 0.3 is 0 Å². The zero-order chi connectivity index (χ0) is 20.9. The number of nitrogens with one attached hydrogen (secondary N) is 1. The monoisotopic (exact) mass is 401 g/mol. The molecule has 2 heterocycles. The molecule has 4 rings (SSSR count). The number of nitrogens with zero attached hydrogens (tertiary/aromatic N) is 2. The van der Waals surface area contributed by atoms with Gasteiger partial charge in [-0.3, -0.25) is 4.79 Å². The molecule has 0 aliphatic heterocycles. The van der Waals surface area contributed by atoms with Crippen LogP contribution in [0.1, 0.15) is 31.7 Å². The minimum Gasteiger partial charge on any atom is -0.484 e. The lowest BCUT2D eigenvalue weighted by Crippen LogP contribution is -2.20. The van der Waals surface area contributed by atoms with E-state index in [1.165, 1.54) is 5.56 Å². The lowest BCUT2D eigenvalue weighted by Gasteiger charge is -2.11. The molecular formula is C24H23N3O3. The summed E-state index contributed by atoms with van der Waals surface area (Å²) < 4.78 is 11.3. The number of ether oxygens (including phenoxy) is 1. The molecule has 2 aromatic heterocycles.